The van der Waals surface area contributed by atoms with E-state index in [-0.39, 0.29) is 11.3 Å². The summed E-state index contributed by atoms with van der Waals surface area (Å²) in [5.41, 5.74) is -0.376. The van der Waals surface area contributed by atoms with Crippen LogP contribution >= 0.6 is 0 Å². The summed E-state index contributed by atoms with van der Waals surface area (Å²) < 4.78 is 0. The van der Waals surface area contributed by atoms with Crippen molar-refractivity contribution in [1.29, 1.82) is 0 Å². The van der Waals surface area contributed by atoms with E-state index in [1.54, 1.807) is 12.3 Å². The van der Waals surface area contributed by atoms with E-state index in [0.29, 0.717) is 5.82 Å². The fourth-order valence-electron chi connectivity index (χ4n) is 0.634. The molecule has 4 heteroatoms. The van der Waals surface area contributed by atoms with Crippen LogP contribution in [0.15, 0.2) is 12.3 Å². The quantitative estimate of drug-likeness (QED) is 0.664. The van der Waals surface area contributed by atoms with Crippen molar-refractivity contribution in [3.05, 3.63) is 12.3 Å². The van der Waals surface area contributed by atoms with Crippen molar-refractivity contribution in [1.82, 2.24) is 10.2 Å². The second kappa shape index (κ2) is 2.97. The molecule has 12 heavy (non-hydrogen) atoms. The van der Waals surface area contributed by atoms with Gasteiger partial charge in [0.2, 0.25) is 5.91 Å². The molecule has 66 valence electrons. The number of carbonyl (C=O) groups is 1. The lowest BCUT2D eigenvalue weighted by molar-refractivity contribution is -0.123. The van der Waals surface area contributed by atoms with Crippen molar-refractivity contribution in [3.8, 4) is 0 Å². The average molecular weight is 167 g/mol. The van der Waals surface area contributed by atoms with Crippen LogP contribution in [0, 0.1) is 5.41 Å². The molecule has 1 amide bonds. The lowest BCUT2D eigenvalue weighted by Gasteiger charge is -2.15. The maximum Gasteiger partial charge on any atom is 0.230 e. The minimum Gasteiger partial charge on any atom is -0.309 e. The van der Waals surface area contributed by atoms with Gasteiger partial charge in [0.25, 0.3) is 0 Å². The van der Waals surface area contributed by atoms with Gasteiger partial charge in [0, 0.05) is 17.7 Å². The molecule has 0 spiro atoms. The van der Waals surface area contributed by atoms with Gasteiger partial charge >= 0.3 is 0 Å². The molecule has 1 aromatic rings. The highest BCUT2D eigenvalue weighted by Crippen LogP contribution is 2.15. The van der Waals surface area contributed by atoms with Crippen LogP contribution in [-0.4, -0.2) is 16.1 Å². The normalized spacial score (nSPS) is 11.2. The number of H-pyrrole nitrogens is 1. The van der Waals surface area contributed by atoms with E-state index in [9.17, 15) is 4.79 Å². The molecule has 0 unspecified atom stereocenters. The van der Waals surface area contributed by atoms with Crippen molar-refractivity contribution < 1.29 is 4.79 Å². The van der Waals surface area contributed by atoms with Gasteiger partial charge in [0.15, 0.2) is 5.82 Å². The van der Waals surface area contributed by atoms with Gasteiger partial charge in [0.05, 0.1) is 0 Å². The van der Waals surface area contributed by atoms with Gasteiger partial charge in [-0.1, -0.05) is 20.8 Å². The van der Waals surface area contributed by atoms with E-state index >= 15 is 0 Å². The fourth-order valence-corrected chi connectivity index (χ4v) is 0.634. The van der Waals surface area contributed by atoms with E-state index in [1.165, 1.54) is 0 Å². The van der Waals surface area contributed by atoms with Crippen LogP contribution in [0.5, 0.6) is 0 Å². The number of aromatic nitrogens is 2. The molecule has 0 fully saturated rings. The summed E-state index contributed by atoms with van der Waals surface area (Å²) in [6.45, 7) is 5.57. The monoisotopic (exact) mass is 167 g/mol. The standard InChI is InChI=1S/C8H13N3O/c1-8(2,3)7(12)10-6-4-5-9-11-6/h4-5H,1-3H3,(H2,9,10,11,12). The van der Waals surface area contributed by atoms with Crippen LogP contribution in [0.4, 0.5) is 5.82 Å². The van der Waals surface area contributed by atoms with Crippen LogP contribution in [0.1, 0.15) is 20.8 Å². The maximum absolute atomic E-state index is 11.4. The molecule has 0 atom stereocenters. The highest BCUT2D eigenvalue weighted by atomic mass is 16.2. The third-order valence-corrected chi connectivity index (χ3v) is 1.42. The molecule has 0 aliphatic carbocycles. The Kier molecular flexibility index (Phi) is 2.17. The van der Waals surface area contributed by atoms with Gasteiger partial charge in [-0.3, -0.25) is 9.89 Å². The molecule has 2 N–H and O–H groups in total. The minimum absolute atomic E-state index is 0.0328. The molecule has 1 heterocycles. The Morgan fingerprint density at radius 3 is 2.67 bits per heavy atom. The summed E-state index contributed by atoms with van der Waals surface area (Å²) in [5, 5.41) is 9.12. The Balaban J connectivity index is 2.60. The number of aromatic amines is 1. The van der Waals surface area contributed by atoms with Gasteiger partial charge in [-0.2, -0.15) is 5.10 Å². The predicted octanol–water partition coefficient (Wildman–Crippen LogP) is 1.39. The van der Waals surface area contributed by atoms with E-state index in [0.717, 1.165) is 0 Å². The summed E-state index contributed by atoms with van der Waals surface area (Å²) in [5.74, 6) is 0.532. The maximum atomic E-state index is 11.4. The largest absolute Gasteiger partial charge is 0.309 e. The zero-order chi connectivity index (χ0) is 9.19. The first-order valence-electron chi connectivity index (χ1n) is 3.81. The lowest BCUT2D eigenvalue weighted by atomic mass is 9.96. The summed E-state index contributed by atoms with van der Waals surface area (Å²) in [6, 6.07) is 1.71. The zero-order valence-electron chi connectivity index (χ0n) is 7.51. The van der Waals surface area contributed by atoms with Gasteiger partial charge < -0.3 is 5.32 Å². The molecule has 0 aliphatic heterocycles. The van der Waals surface area contributed by atoms with Crippen LogP contribution < -0.4 is 5.32 Å². The van der Waals surface area contributed by atoms with E-state index < -0.39 is 0 Å². The minimum atomic E-state index is -0.376. The van der Waals surface area contributed by atoms with Crippen molar-refractivity contribution in [3.63, 3.8) is 0 Å². The van der Waals surface area contributed by atoms with Crippen molar-refractivity contribution in [2.45, 2.75) is 20.8 Å². The summed E-state index contributed by atoms with van der Waals surface area (Å²) >= 11 is 0. The fraction of sp³-hybridized carbons (Fsp3) is 0.500. The lowest BCUT2D eigenvalue weighted by Crippen LogP contribution is -2.27. The third-order valence-electron chi connectivity index (χ3n) is 1.42. The van der Waals surface area contributed by atoms with Crippen LogP contribution in [0.25, 0.3) is 0 Å². The smallest absolute Gasteiger partial charge is 0.230 e. The second-order valence-electron chi connectivity index (χ2n) is 3.66. The molecule has 4 nitrogen and oxygen atoms in total. The number of amides is 1. The highest BCUT2D eigenvalue weighted by molar-refractivity contribution is 5.93. The van der Waals surface area contributed by atoms with Crippen LogP contribution in [0.3, 0.4) is 0 Å². The van der Waals surface area contributed by atoms with Gasteiger partial charge in [-0.25, -0.2) is 0 Å². The average Bonchev–Trinajstić information content (AvgIpc) is 2.37. The number of hydrogen-bond acceptors (Lipinski definition) is 2. The number of anilines is 1. The van der Waals surface area contributed by atoms with E-state index in [4.69, 9.17) is 0 Å². The Hall–Kier alpha value is -1.32. The first-order valence-corrected chi connectivity index (χ1v) is 3.81. The molecule has 1 aromatic heterocycles. The van der Waals surface area contributed by atoms with Gasteiger partial charge in [-0.15, -0.1) is 0 Å². The van der Waals surface area contributed by atoms with Crippen molar-refractivity contribution in [2.75, 3.05) is 5.32 Å². The molecule has 0 saturated heterocycles. The molecular formula is C8H13N3O. The first-order chi connectivity index (χ1) is 5.50. The number of nitrogens with one attached hydrogen (secondary N) is 2. The summed E-state index contributed by atoms with van der Waals surface area (Å²) in [6.07, 6.45) is 1.66. The molecule has 0 bridgehead atoms. The Morgan fingerprint density at radius 2 is 2.25 bits per heavy atom. The van der Waals surface area contributed by atoms with Crippen LogP contribution in [0.2, 0.25) is 0 Å². The van der Waals surface area contributed by atoms with Gasteiger partial charge in [0.1, 0.15) is 0 Å². The topological polar surface area (TPSA) is 57.8 Å². The molecule has 1 rings (SSSR count). The zero-order valence-corrected chi connectivity index (χ0v) is 7.51. The first kappa shape index (κ1) is 8.77. The van der Waals surface area contributed by atoms with E-state index in [1.807, 2.05) is 20.8 Å². The number of carbonyl (C=O) groups excluding carboxylic acids is 1. The molecule has 0 aromatic carbocycles. The summed E-state index contributed by atoms with van der Waals surface area (Å²) in [4.78, 5) is 11.4. The number of nitrogens with zero attached hydrogens (tertiary/aromatic N) is 1. The Bertz CT molecular complexity index is 258. The predicted molar refractivity (Wildman–Crippen MR) is 46.7 cm³/mol. The third kappa shape index (κ3) is 2.08. The SMILES string of the molecule is CC(C)(C)C(=O)Nc1cc[nH]n1. The van der Waals surface area contributed by atoms with E-state index in [2.05, 4.69) is 15.5 Å². The van der Waals surface area contributed by atoms with Crippen LogP contribution in [-0.2, 0) is 4.79 Å². The molecular weight excluding hydrogens is 154 g/mol. The second-order valence-corrected chi connectivity index (χ2v) is 3.66. The summed E-state index contributed by atoms with van der Waals surface area (Å²) in [7, 11) is 0. The van der Waals surface area contributed by atoms with Crippen molar-refractivity contribution >= 4 is 11.7 Å². The molecule has 0 radical (unpaired) electrons. The van der Waals surface area contributed by atoms with Gasteiger partial charge in [-0.05, 0) is 0 Å². The molecule has 0 aliphatic rings. The Labute approximate surface area is 71.4 Å². The van der Waals surface area contributed by atoms with Crippen molar-refractivity contribution in [2.24, 2.45) is 5.41 Å². The number of hydrogen-bond donors (Lipinski definition) is 2. The Morgan fingerprint density at radius 1 is 1.58 bits per heavy atom. The highest BCUT2D eigenvalue weighted by Gasteiger charge is 2.21. The number of rotatable bonds is 1. The molecule has 0 saturated carbocycles.